The van der Waals surface area contributed by atoms with Crippen molar-refractivity contribution >= 4 is 0 Å². The highest BCUT2D eigenvalue weighted by molar-refractivity contribution is 5.40. The molecule has 8 heteroatoms. The van der Waals surface area contributed by atoms with Crippen molar-refractivity contribution in [1.29, 1.82) is 5.26 Å². The van der Waals surface area contributed by atoms with Gasteiger partial charge in [-0.1, -0.05) is 0 Å². The van der Waals surface area contributed by atoms with E-state index in [1.807, 2.05) is 0 Å². The van der Waals surface area contributed by atoms with Gasteiger partial charge >= 0.3 is 6.36 Å². The molecule has 92 valence electrons. The highest BCUT2D eigenvalue weighted by atomic mass is 19.4. The van der Waals surface area contributed by atoms with Crippen LogP contribution in [0.4, 0.5) is 22.0 Å². The summed E-state index contributed by atoms with van der Waals surface area (Å²) >= 11 is 0. The van der Waals surface area contributed by atoms with Crippen LogP contribution in [0.5, 0.6) is 5.88 Å². The molecule has 0 bridgehead atoms. The number of rotatable bonds is 2. The van der Waals surface area contributed by atoms with Gasteiger partial charge in [-0.2, -0.15) is 5.26 Å². The first kappa shape index (κ1) is 13.2. The van der Waals surface area contributed by atoms with Crippen LogP contribution in [0.25, 0.3) is 0 Å². The molecule has 0 saturated heterocycles. The van der Waals surface area contributed by atoms with Crippen molar-refractivity contribution in [2.45, 2.75) is 19.7 Å². The zero-order valence-corrected chi connectivity index (χ0v) is 8.35. The number of halogens is 5. The van der Waals surface area contributed by atoms with Crippen LogP contribution < -0.4 is 4.74 Å². The fourth-order valence-electron chi connectivity index (χ4n) is 1.09. The molecule has 1 aromatic rings. The molecule has 0 atom stereocenters. The summed E-state index contributed by atoms with van der Waals surface area (Å²) in [6, 6.07) is 2.04. The molecule has 0 spiro atoms. The second-order valence-corrected chi connectivity index (χ2v) is 3.01. The Hall–Kier alpha value is -1.91. The molecule has 0 aromatic carbocycles. The van der Waals surface area contributed by atoms with E-state index in [2.05, 4.69) is 9.72 Å². The van der Waals surface area contributed by atoms with Crippen molar-refractivity contribution in [2.75, 3.05) is 0 Å². The maximum atomic E-state index is 12.4. The molecule has 1 aromatic heterocycles. The van der Waals surface area contributed by atoms with Crippen molar-refractivity contribution in [2.24, 2.45) is 0 Å². The topological polar surface area (TPSA) is 45.9 Å². The molecule has 1 heterocycles. The average molecular weight is 252 g/mol. The highest BCUT2D eigenvalue weighted by Crippen LogP contribution is 2.29. The van der Waals surface area contributed by atoms with Gasteiger partial charge in [0.1, 0.15) is 6.07 Å². The van der Waals surface area contributed by atoms with Gasteiger partial charge in [-0.05, 0) is 13.0 Å². The molecule has 17 heavy (non-hydrogen) atoms. The van der Waals surface area contributed by atoms with Crippen LogP contribution in [0, 0.1) is 18.3 Å². The summed E-state index contributed by atoms with van der Waals surface area (Å²) in [5.74, 6) is -0.904. The Labute approximate surface area is 92.4 Å². The lowest BCUT2D eigenvalue weighted by molar-refractivity contribution is -0.276. The maximum absolute atomic E-state index is 12.4. The Morgan fingerprint density at radius 1 is 1.41 bits per heavy atom. The number of hydrogen-bond donors (Lipinski definition) is 0. The quantitative estimate of drug-likeness (QED) is 0.760. The summed E-state index contributed by atoms with van der Waals surface area (Å²) in [7, 11) is 0. The molecule has 0 aliphatic carbocycles. The van der Waals surface area contributed by atoms with Crippen LogP contribution in [0.15, 0.2) is 6.07 Å². The molecule has 3 nitrogen and oxygen atoms in total. The minimum absolute atomic E-state index is 0.225. The van der Waals surface area contributed by atoms with Crippen molar-refractivity contribution in [3.63, 3.8) is 0 Å². The van der Waals surface area contributed by atoms with Gasteiger partial charge in [-0.15, -0.1) is 13.2 Å². The third-order valence-electron chi connectivity index (χ3n) is 1.75. The lowest BCUT2D eigenvalue weighted by atomic mass is 10.1. The molecular formula is C9H5F5N2O. The van der Waals surface area contributed by atoms with Gasteiger partial charge in [-0.3, -0.25) is 0 Å². The number of aromatic nitrogens is 1. The Morgan fingerprint density at radius 2 is 2.00 bits per heavy atom. The zero-order valence-electron chi connectivity index (χ0n) is 8.35. The van der Waals surface area contributed by atoms with Crippen LogP contribution in [0.3, 0.4) is 0 Å². The third-order valence-corrected chi connectivity index (χ3v) is 1.75. The number of ether oxygens (including phenoxy) is 1. The minimum Gasteiger partial charge on any atom is -0.388 e. The van der Waals surface area contributed by atoms with Crippen molar-refractivity contribution in [1.82, 2.24) is 4.98 Å². The van der Waals surface area contributed by atoms with Gasteiger partial charge < -0.3 is 4.74 Å². The van der Waals surface area contributed by atoms with Gasteiger partial charge in [0.25, 0.3) is 6.43 Å². The van der Waals surface area contributed by atoms with Gasteiger partial charge in [0, 0.05) is 5.56 Å². The predicted molar refractivity (Wildman–Crippen MR) is 45.3 cm³/mol. The molecule has 1 rings (SSSR count). The van der Waals surface area contributed by atoms with Crippen molar-refractivity contribution in [3.05, 3.63) is 22.9 Å². The summed E-state index contributed by atoms with van der Waals surface area (Å²) in [6.45, 7) is 1.13. The molecule has 0 radical (unpaired) electrons. The first-order chi connectivity index (χ1) is 7.74. The average Bonchev–Trinajstić information content (AvgIpc) is 2.18. The van der Waals surface area contributed by atoms with Crippen LogP contribution in [-0.2, 0) is 0 Å². The van der Waals surface area contributed by atoms with E-state index >= 15 is 0 Å². The number of nitriles is 1. The number of aryl methyl sites for hydroxylation is 1. The van der Waals surface area contributed by atoms with E-state index in [1.165, 1.54) is 6.07 Å². The monoisotopic (exact) mass is 252 g/mol. The molecule has 0 aliphatic heterocycles. The van der Waals surface area contributed by atoms with E-state index in [0.717, 1.165) is 13.0 Å². The summed E-state index contributed by atoms with van der Waals surface area (Å²) in [6.07, 6.45) is -7.98. The van der Waals surface area contributed by atoms with Crippen molar-refractivity contribution < 1.29 is 26.7 Å². The van der Waals surface area contributed by atoms with Crippen molar-refractivity contribution in [3.8, 4) is 11.9 Å². The molecule has 0 amide bonds. The van der Waals surface area contributed by atoms with E-state index < -0.39 is 29.9 Å². The van der Waals surface area contributed by atoms with Gasteiger partial charge in [-0.25, -0.2) is 13.8 Å². The lowest BCUT2D eigenvalue weighted by Gasteiger charge is -2.12. The Kier molecular flexibility index (Phi) is 3.50. The summed E-state index contributed by atoms with van der Waals surface area (Å²) in [5, 5.41) is 8.50. The second-order valence-electron chi connectivity index (χ2n) is 3.01. The third kappa shape index (κ3) is 3.27. The summed E-state index contributed by atoms with van der Waals surface area (Å²) < 4.78 is 64.1. The Morgan fingerprint density at radius 3 is 2.41 bits per heavy atom. The first-order valence-corrected chi connectivity index (χ1v) is 4.20. The van der Waals surface area contributed by atoms with Crippen LogP contribution in [0.1, 0.15) is 23.2 Å². The van der Waals surface area contributed by atoms with E-state index in [1.54, 1.807) is 0 Å². The largest absolute Gasteiger partial charge is 0.574 e. The molecule has 0 fully saturated rings. The number of pyridine rings is 1. The van der Waals surface area contributed by atoms with Crippen LogP contribution >= 0.6 is 0 Å². The highest BCUT2D eigenvalue weighted by Gasteiger charge is 2.33. The van der Waals surface area contributed by atoms with Gasteiger partial charge in [0.2, 0.25) is 5.88 Å². The first-order valence-electron chi connectivity index (χ1n) is 4.20. The normalized spacial score (nSPS) is 11.4. The SMILES string of the molecule is Cc1cc(C(F)F)c(C#N)nc1OC(F)(F)F. The number of nitrogens with zero attached hydrogens (tertiary/aromatic N) is 2. The maximum Gasteiger partial charge on any atom is 0.574 e. The summed E-state index contributed by atoms with van der Waals surface area (Å²) in [4.78, 5) is 3.11. The van der Waals surface area contributed by atoms with Gasteiger partial charge in [0.05, 0.1) is 5.56 Å². The van der Waals surface area contributed by atoms with E-state index in [4.69, 9.17) is 5.26 Å². The molecule has 0 saturated carbocycles. The van der Waals surface area contributed by atoms with Crippen LogP contribution in [0.2, 0.25) is 0 Å². The van der Waals surface area contributed by atoms with E-state index in [0.29, 0.717) is 0 Å². The Balaban J connectivity index is 3.24. The van der Waals surface area contributed by atoms with E-state index in [9.17, 15) is 22.0 Å². The smallest absolute Gasteiger partial charge is 0.388 e. The number of alkyl halides is 5. The molecule has 0 aliphatic rings. The molecule has 0 unspecified atom stereocenters. The summed E-state index contributed by atoms with van der Waals surface area (Å²) in [5.41, 5.74) is -1.74. The fourth-order valence-corrected chi connectivity index (χ4v) is 1.09. The van der Waals surface area contributed by atoms with Gasteiger partial charge in [0.15, 0.2) is 5.69 Å². The molecular weight excluding hydrogens is 247 g/mol. The fraction of sp³-hybridized carbons (Fsp3) is 0.333. The van der Waals surface area contributed by atoms with Crippen LogP contribution in [-0.4, -0.2) is 11.3 Å². The minimum atomic E-state index is -4.99. The Bertz CT molecular complexity index is 464. The number of hydrogen-bond acceptors (Lipinski definition) is 3. The zero-order chi connectivity index (χ0) is 13.2. The molecule has 0 N–H and O–H groups in total. The van der Waals surface area contributed by atoms with E-state index in [-0.39, 0.29) is 5.56 Å². The second kappa shape index (κ2) is 4.53. The standard InChI is InChI=1S/C9H5F5N2O/c1-4-2-5(7(10)11)6(3-15)16-8(4)17-9(12,13)14/h2,7H,1H3. The lowest BCUT2D eigenvalue weighted by Crippen LogP contribution is -2.19. The predicted octanol–water partition coefficient (Wildman–Crippen LogP) is 3.10.